The van der Waals surface area contributed by atoms with Crippen LogP contribution >= 0.6 is 0 Å². The van der Waals surface area contributed by atoms with Gasteiger partial charge in [-0.05, 0) is 57.3 Å². The van der Waals surface area contributed by atoms with Crippen molar-refractivity contribution in [1.29, 1.82) is 0 Å². The van der Waals surface area contributed by atoms with E-state index in [0.29, 0.717) is 5.41 Å². The van der Waals surface area contributed by atoms with Crippen molar-refractivity contribution >= 4 is 0 Å². The molecule has 128 valence electrons. The van der Waals surface area contributed by atoms with E-state index in [-0.39, 0.29) is 16.5 Å². The summed E-state index contributed by atoms with van der Waals surface area (Å²) in [6.45, 7) is 26.2. The van der Waals surface area contributed by atoms with Gasteiger partial charge in [-0.25, -0.2) is 0 Å². The van der Waals surface area contributed by atoms with Crippen molar-refractivity contribution < 1.29 is 0 Å². The van der Waals surface area contributed by atoms with Gasteiger partial charge in [0.1, 0.15) is 0 Å². The average Bonchev–Trinajstić information content (AvgIpc) is 2.26. The average molecular weight is 298 g/mol. The highest BCUT2D eigenvalue weighted by atomic mass is 15.0. The second-order valence-electron chi connectivity index (χ2n) is 9.73. The molecular weight excluding hydrogens is 254 g/mol. The van der Waals surface area contributed by atoms with Crippen LogP contribution in [0.15, 0.2) is 0 Å². The third kappa shape index (κ3) is 5.93. The molecule has 0 radical (unpaired) electrons. The van der Waals surface area contributed by atoms with Crippen molar-refractivity contribution in [2.45, 2.75) is 113 Å². The molecule has 0 aliphatic heterocycles. The highest BCUT2D eigenvalue weighted by molar-refractivity contribution is 5.00. The predicted octanol–water partition coefficient (Wildman–Crippen LogP) is 6.42. The van der Waals surface area contributed by atoms with E-state index in [0.717, 1.165) is 12.3 Å². The van der Waals surface area contributed by atoms with Crippen LogP contribution in [0.25, 0.3) is 0 Å². The first kappa shape index (κ1) is 21.0. The maximum atomic E-state index is 3.92. The molecule has 0 aromatic carbocycles. The highest BCUT2D eigenvalue weighted by Gasteiger charge is 2.43. The minimum absolute atomic E-state index is 0.121. The fourth-order valence-electron chi connectivity index (χ4n) is 3.46. The van der Waals surface area contributed by atoms with Gasteiger partial charge in [0, 0.05) is 11.1 Å². The molecule has 0 saturated carbocycles. The molecule has 1 atom stereocenters. The molecular formula is C20H43N. The lowest BCUT2D eigenvalue weighted by Gasteiger charge is -2.51. The van der Waals surface area contributed by atoms with Crippen LogP contribution in [0.2, 0.25) is 0 Å². The van der Waals surface area contributed by atoms with E-state index in [1.165, 1.54) is 19.3 Å². The Balaban J connectivity index is 5.10. The zero-order chi connectivity index (χ0) is 17.1. The van der Waals surface area contributed by atoms with Gasteiger partial charge in [0.2, 0.25) is 0 Å². The van der Waals surface area contributed by atoms with Crippen LogP contribution in [0, 0.1) is 16.7 Å². The van der Waals surface area contributed by atoms with Crippen molar-refractivity contribution in [3.8, 4) is 0 Å². The zero-order valence-electron chi connectivity index (χ0n) is 16.9. The van der Waals surface area contributed by atoms with E-state index >= 15 is 0 Å². The van der Waals surface area contributed by atoms with E-state index in [1.54, 1.807) is 0 Å². The van der Waals surface area contributed by atoms with Crippen molar-refractivity contribution in [3.63, 3.8) is 0 Å². The molecule has 0 amide bonds. The quantitative estimate of drug-likeness (QED) is 0.517. The number of rotatable bonds is 9. The van der Waals surface area contributed by atoms with Crippen LogP contribution in [-0.4, -0.2) is 11.1 Å². The molecule has 1 unspecified atom stereocenters. The second kappa shape index (κ2) is 7.02. The lowest BCUT2D eigenvalue weighted by Crippen LogP contribution is -2.59. The Hall–Kier alpha value is -0.0400. The molecule has 0 bridgehead atoms. The number of hydrogen-bond donors (Lipinski definition) is 1. The summed E-state index contributed by atoms with van der Waals surface area (Å²) in [4.78, 5) is 0. The van der Waals surface area contributed by atoms with Gasteiger partial charge in [-0.3, -0.25) is 0 Å². The van der Waals surface area contributed by atoms with Gasteiger partial charge in [-0.1, -0.05) is 61.3 Å². The number of nitrogens with one attached hydrogen (secondary N) is 1. The highest BCUT2D eigenvalue weighted by Crippen LogP contribution is 2.46. The van der Waals surface area contributed by atoms with E-state index < -0.39 is 0 Å². The molecule has 1 N–H and O–H groups in total. The van der Waals surface area contributed by atoms with Crippen molar-refractivity contribution in [3.05, 3.63) is 0 Å². The summed E-state index contributed by atoms with van der Waals surface area (Å²) in [5, 5.41) is 3.92. The first-order valence-electron chi connectivity index (χ1n) is 9.00. The molecule has 21 heavy (non-hydrogen) atoms. The molecule has 0 fully saturated rings. The lowest BCUT2D eigenvalue weighted by atomic mass is 9.61. The fraction of sp³-hybridized carbons (Fsp3) is 1.00. The molecule has 1 heteroatoms. The maximum Gasteiger partial charge on any atom is 0.0181 e. The first-order chi connectivity index (χ1) is 9.21. The standard InChI is InChI=1S/C20H43N/c1-12-14-16(3)17(4,5)15-18(6,7)20(10,11)21-19(8,9)13-2/h16,21H,12-15H2,1-11H3. The Morgan fingerprint density at radius 3 is 1.71 bits per heavy atom. The van der Waals surface area contributed by atoms with Crippen molar-refractivity contribution in [2.75, 3.05) is 0 Å². The molecule has 0 aliphatic rings. The monoisotopic (exact) mass is 297 g/mol. The van der Waals surface area contributed by atoms with E-state index in [2.05, 4.69) is 81.5 Å². The van der Waals surface area contributed by atoms with Gasteiger partial charge in [-0.15, -0.1) is 0 Å². The summed E-state index contributed by atoms with van der Waals surface area (Å²) >= 11 is 0. The predicted molar refractivity (Wildman–Crippen MR) is 97.8 cm³/mol. The lowest BCUT2D eigenvalue weighted by molar-refractivity contribution is 0.0398. The molecule has 1 nitrogen and oxygen atoms in total. The molecule has 0 aromatic heterocycles. The smallest absolute Gasteiger partial charge is 0.0181 e. The van der Waals surface area contributed by atoms with Crippen LogP contribution in [0.1, 0.15) is 102 Å². The molecule has 0 aromatic rings. The van der Waals surface area contributed by atoms with Gasteiger partial charge in [-0.2, -0.15) is 0 Å². The zero-order valence-corrected chi connectivity index (χ0v) is 16.9. The van der Waals surface area contributed by atoms with Crippen LogP contribution in [-0.2, 0) is 0 Å². The van der Waals surface area contributed by atoms with Crippen LogP contribution in [0.5, 0.6) is 0 Å². The molecule has 0 saturated heterocycles. The summed E-state index contributed by atoms with van der Waals surface area (Å²) in [5.74, 6) is 0.775. The Bertz CT molecular complexity index is 310. The summed E-state index contributed by atoms with van der Waals surface area (Å²) in [5.41, 5.74) is 0.954. The third-order valence-electron chi connectivity index (χ3n) is 6.18. The maximum absolute atomic E-state index is 3.92. The topological polar surface area (TPSA) is 12.0 Å². The second-order valence-corrected chi connectivity index (χ2v) is 9.73. The van der Waals surface area contributed by atoms with Crippen molar-refractivity contribution in [1.82, 2.24) is 5.32 Å². The minimum atomic E-state index is 0.121. The number of hydrogen-bond acceptors (Lipinski definition) is 1. The SMILES string of the molecule is CCCC(C)C(C)(C)CC(C)(C)C(C)(C)NC(C)(C)CC. The van der Waals surface area contributed by atoms with Crippen LogP contribution < -0.4 is 5.32 Å². The molecule has 0 rings (SSSR count). The van der Waals surface area contributed by atoms with E-state index in [4.69, 9.17) is 0 Å². The minimum Gasteiger partial charge on any atom is -0.306 e. The fourth-order valence-corrected chi connectivity index (χ4v) is 3.46. The summed E-state index contributed by atoms with van der Waals surface area (Å²) in [6, 6.07) is 0. The Kier molecular flexibility index (Phi) is 7.01. The largest absolute Gasteiger partial charge is 0.306 e. The van der Waals surface area contributed by atoms with Gasteiger partial charge >= 0.3 is 0 Å². The van der Waals surface area contributed by atoms with Gasteiger partial charge in [0.25, 0.3) is 0 Å². The summed E-state index contributed by atoms with van der Waals surface area (Å²) in [6.07, 6.45) is 5.02. The van der Waals surface area contributed by atoms with Gasteiger partial charge in [0.15, 0.2) is 0 Å². The Morgan fingerprint density at radius 2 is 1.33 bits per heavy atom. The van der Waals surface area contributed by atoms with E-state index in [9.17, 15) is 0 Å². The van der Waals surface area contributed by atoms with E-state index in [1.807, 2.05) is 0 Å². The van der Waals surface area contributed by atoms with Gasteiger partial charge in [0.05, 0.1) is 0 Å². The van der Waals surface area contributed by atoms with Crippen LogP contribution in [0.4, 0.5) is 0 Å². The van der Waals surface area contributed by atoms with Crippen LogP contribution in [0.3, 0.4) is 0 Å². The first-order valence-corrected chi connectivity index (χ1v) is 9.00. The summed E-state index contributed by atoms with van der Waals surface area (Å²) in [7, 11) is 0. The van der Waals surface area contributed by atoms with Gasteiger partial charge < -0.3 is 5.32 Å². The molecule has 0 aliphatic carbocycles. The Morgan fingerprint density at radius 1 is 0.857 bits per heavy atom. The normalized spacial score (nSPS) is 16.1. The Labute approximate surface area is 135 Å². The third-order valence-corrected chi connectivity index (χ3v) is 6.18. The summed E-state index contributed by atoms with van der Waals surface area (Å²) < 4.78 is 0. The molecule has 0 spiro atoms. The molecule has 0 heterocycles. The van der Waals surface area contributed by atoms with Crippen molar-refractivity contribution in [2.24, 2.45) is 16.7 Å².